The molecule has 1 saturated heterocycles. The molecular weight excluding hydrogens is 343 g/mol. The van der Waals surface area contributed by atoms with Gasteiger partial charge in [-0.1, -0.05) is 0 Å². The number of piperidine rings is 1. The third-order valence-corrected chi connectivity index (χ3v) is 3.90. The highest BCUT2D eigenvalue weighted by molar-refractivity contribution is 14.1. The molecule has 0 aliphatic carbocycles. The Labute approximate surface area is 117 Å². The van der Waals surface area contributed by atoms with Crippen LogP contribution in [0.25, 0.3) is 10.9 Å². The van der Waals surface area contributed by atoms with Crippen LogP contribution in [0.5, 0.6) is 0 Å². The zero-order valence-corrected chi connectivity index (χ0v) is 11.7. The van der Waals surface area contributed by atoms with Gasteiger partial charge in [0.05, 0.1) is 5.92 Å². The number of rotatable bonds is 1. The minimum absolute atomic E-state index is 0.174. The predicted molar refractivity (Wildman–Crippen MR) is 76.1 cm³/mol. The van der Waals surface area contributed by atoms with Crippen molar-refractivity contribution in [1.82, 2.24) is 10.3 Å². The van der Waals surface area contributed by atoms with Gasteiger partial charge in [0, 0.05) is 27.1 Å². The van der Waals surface area contributed by atoms with Gasteiger partial charge >= 0.3 is 0 Å². The molecule has 1 aromatic carbocycles. The van der Waals surface area contributed by atoms with E-state index in [2.05, 4.69) is 32.9 Å². The summed E-state index contributed by atoms with van der Waals surface area (Å²) in [5, 5.41) is 3.47. The number of hydrogen-bond donors (Lipinski definition) is 2. The number of halogens is 1. The van der Waals surface area contributed by atoms with E-state index in [0.717, 1.165) is 20.0 Å². The van der Waals surface area contributed by atoms with E-state index < -0.39 is 0 Å². The Bertz CT molecular complexity index is 647. The zero-order valence-electron chi connectivity index (χ0n) is 9.50. The maximum Gasteiger partial charge on any atom is 0.234 e. The average molecular weight is 354 g/mol. The van der Waals surface area contributed by atoms with Crippen molar-refractivity contribution < 1.29 is 9.59 Å². The molecule has 3 rings (SSSR count). The second kappa shape index (κ2) is 4.38. The van der Waals surface area contributed by atoms with Gasteiger partial charge in [0.15, 0.2) is 0 Å². The summed E-state index contributed by atoms with van der Waals surface area (Å²) in [7, 11) is 0. The summed E-state index contributed by atoms with van der Waals surface area (Å²) >= 11 is 2.24. The van der Waals surface area contributed by atoms with Crippen LogP contribution in [0, 0.1) is 3.57 Å². The van der Waals surface area contributed by atoms with Gasteiger partial charge in [0.2, 0.25) is 11.8 Å². The highest BCUT2D eigenvalue weighted by Crippen LogP contribution is 2.32. The first-order chi connectivity index (χ1) is 8.65. The molecule has 1 aromatic heterocycles. The Morgan fingerprint density at radius 1 is 1.28 bits per heavy atom. The lowest BCUT2D eigenvalue weighted by molar-refractivity contribution is -0.134. The van der Waals surface area contributed by atoms with Crippen LogP contribution in [0.15, 0.2) is 24.4 Å². The third-order valence-electron chi connectivity index (χ3n) is 3.28. The summed E-state index contributed by atoms with van der Waals surface area (Å²) < 4.78 is 1.09. The van der Waals surface area contributed by atoms with Gasteiger partial charge in [-0.25, -0.2) is 0 Å². The Morgan fingerprint density at radius 2 is 2.11 bits per heavy atom. The van der Waals surface area contributed by atoms with E-state index in [1.54, 1.807) is 0 Å². The topological polar surface area (TPSA) is 62.0 Å². The first kappa shape index (κ1) is 11.7. The zero-order chi connectivity index (χ0) is 12.7. The molecule has 0 spiro atoms. The van der Waals surface area contributed by atoms with Crippen LogP contribution in [0.4, 0.5) is 0 Å². The summed E-state index contributed by atoms with van der Waals surface area (Å²) in [5.74, 6) is -0.585. The summed E-state index contributed by atoms with van der Waals surface area (Å²) in [4.78, 5) is 26.3. The molecule has 1 atom stereocenters. The van der Waals surface area contributed by atoms with Crippen molar-refractivity contribution in [2.24, 2.45) is 0 Å². The largest absolute Gasteiger partial charge is 0.361 e. The number of nitrogens with one attached hydrogen (secondary N) is 2. The van der Waals surface area contributed by atoms with Crippen LogP contribution >= 0.6 is 22.6 Å². The van der Waals surface area contributed by atoms with E-state index in [9.17, 15) is 9.59 Å². The van der Waals surface area contributed by atoms with E-state index in [1.807, 2.05) is 24.4 Å². The van der Waals surface area contributed by atoms with Gasteiger partial charge < -0.3 is 4.98 Å². The van der Waals surface area contributed by atoms with Crippen molar-refractivity contribution in [3.8, 4) is 0 Å². The smallest absolute Gasteiger partial charge is 0.234 e. The summed E-state index contributed by atoms with van der Waals surface area (Å²) in [5.41, 5.74) is 2.03. The Kier molecular flexibility index (Phi) is 2.85. The summed E-state index contributed by atoms with van der Waals surface area (Å²) in [6.07, 6.45) is 2.87. The minimum Gasteiger partial charge on any atom is -0.361 e. The molecule has 4 nitrogen and oxygen atoms in total. The number of fused-ring (bicyclic) bond motifs is 1. The van der Waals surface area contributed by atoms with E-state index in [4.69, 9.17) is 0 Å². The van der Waals surface area contributed by atoms with Crippen molar-refractivity contribution in [1.29, 1.82) is 0 Å². The molecule has 1 unspecified atom stereocenters. The number of carbonyl (C=O) groups excluding carboxylic acids is 2. The van der Waals surface area contributed by atoms with Gasteiger partial charge in [0.1, 0.15) is 0 Å². The number of H-pyrrole nitrogens is 1. The Morgan fingerprint density at radius 3 is 2.89 bits per heavy atom. The number of aromatic amines is 1. The molecule has 1 aliphatic heterocycles. The van der Waals surface area contributed by atoms with Crippen LogP contribution in [0.3, 0.4) is 0 Å². The van der Waals surface area contributed by atoms with E-state index in [-0.39, 0.29) is 17.7 Å². The second-order valence-corrected chi connectivity index (χ2v) is 5.68. The van der Waals surface area contributed by atoms with Gasteiger partial charge in [-0.05, 0) is 52.8 Å². The van der Waals surface area contributed by atoms with Crippen LogP contribution in [-0.4, -0.2) is 16.8 Å². The molecule has 2 heterocycles. The fourth-order valence-electron chi connectivity index (χ4n) is 2.44. The number of benzene rings is 1. The fraction of sp³-hybridized carbons (Fsp3) is 0.231. The van der Waals surface area contributed by atoms with Gasteiger partial charge in [0.25, 0.3) is 0 Å². The molecular formula is C13H11IN2O2. The fourth-order valence-corrected chi connectivity index (χ4v) is 3.08. The lowest BCUT2D eigenvalue weighted by atomic mass is 9.88. The standard InChI is InChI=1S/C13H11IN2O2/c14-7-5-10(8-3-4-15-11(8)6-7)9-1-2-12(17)16-13(9)18/h3-6,9,15H,1-2H2,(H,16,17,18). The van der Waals surface area contributed by atoms with Crippen LogP contribution in [-0.2, 0) is 9.59 Å². The van der Waals surface area contributed by atoms with Gasteiger partial charge in [-0.2, -0.15) is 0 Å². The first-order valence-corrected chi connectivity index (χ1v) is 6.83. The lowest BCUT2D eigenvalue weighted by Crippen LogP contribution is -2.39. The Hall–Kier alpha value is -1.37. The SMILES string of the molecule is O=C1CCC(c2cc(I)cc3[nH]ccc23)C(=O)N1. The first-order valence-electron chi connectivity index (χ1n) is 5.75. The molecule has 0 radical (unpaired) electrons. The Balaban J connectivity index is 2.11. The molecule has 0 bridgehead atoms. The maximum atomic E-state index is 11.9. The van der Waals surface area contributed by atoms with E-state index in [1.165, 1.54) is 0 Å². The number of carbonyl (C=O) groups is 2. The van der Waals surface area contributed by atoms with Crippen molar-refractivity contribution >= 4 is 45.3 Å². The lowest BCUT2D eigenvalue weighted by Gasteiger charge is -2.22. The van der Waals surface area contributed by atoms with Crippen molar-refractivity contribution in [2.45, 2.75) is 18.8 Å². The molecule has 2 N–H and O–H groups in total. The number of aromatic nitrogens is 1. The van der Waals surface area contributed by atoms with E-state index >= 15 is 0 Å². The third kappa shape index (κ3) is 1.92. The van der Waals surface area contributed by atoms with E-state index in [0.29, 0.717) is 12.8 Å². The average Bonchev–Trinajstić information content (AvgIpc) is 2.76. The quantitative estimate of drug-likeness (QED) is 0.610. The van der Waals surface area contributed by atoms with Gasteiger partial charge in [-0.15, -0.1) is 0 Å². The molecule has 5 heteroatoms. The second-order valence-electron chi connectivity index (χ2n) is 4.44. The molecule has 18 heavy (non-hydrogen) atoms. The van der Waals surface area contributed by atoms with Crippen LogP contribution in [0.2, 0.25) is 0 Å². The van der Waals surface area contributed by atoms with Crippen LogP contribution < -0.4 is 5.32 Å². The summed E-state index contributed by atoms with van der Waals surface area (Å²) in [6.45, 7) is 0. The number of hydrogen-bond acceptors (Lipinski definition) is 2. The van der Waals surface area contributed by atoms with Crippen molar-refractivity contribution in [3.05, 3.63) is 33.5 Å². The molecule has 2 aromatic rings. The highest BCUT2D eigenvalue weighted by Gasteiger charge is 2.29. The molecule has 1 aliphatic rings. The summed E-state index contributed by atoms with van der Waals surface area (Å²) in [6, 6.07) is 6.05. The molecule has 2 amide bonds. The monoisotopic (exact) mass is 354 g/mol. The van der Waals surface area contributed by atoms with Crippen LogP contribution in [0.1, 0.15) is 24.3 Å². The molecule has 92 valence electrons. The van der Waals surface area contributed by atoms with Crippen molar-refractivity contribution in [2.75, 3.05) is 0 Å². The number of imide groups is 1. The maximum absolute atomic E-state index is 11.9. The van der Waals surface area contributed by atoms with Crippen molar-refractivity contribution in [3.63, 3.8) is 0 Å². The highest BCUT2D eigenvalue weighted by atomic mass is 127. The molecule has 1 fully saturated rings. The normalized spacial score (nSPS) is 20.2. The minimum atomic E-state index is -0.226. The van der Waals surface area contributed by atoms with Gasteiger partial charge in [-0.3, -0.25) is 14.9 Å². The number of amides is 2. The predicted octanol–water partition coefficient (Wildman–Crippen LogP) is 2.29. The molecule has 0 saturated carbocycles.